The Morgan fingerprint density at radius 1 is 0.962 bits per heavy atom. The molecule has 1 heterocycles. The van der Waals surface area contributed by atoms with E-state index in [2.05, 4.69) is 5.32 Å². The van der Waals surface area contributed by atoms with Gasteiger partial charge in [-0.1, -0.05) is 48.5 Å². The average molecular weight is 348 g/mol. The minimum absolute atomic E-state index is 0.105. The van der Waals surface area contributed by atoms with Gasteiger partial charge in [0.15, 0.2) is 0 Å². The quantitative estimate of drug-likeness (QED) is 0.729. The third kappa shape index (κ3) is 2.62. The topological polar surface area (TPSA) is 49.4 Å². The molecule has 0 radical (unpaired) electrons. The van der Waals surface area contributed by atoms with E-state index in [4.69, 9.17) is 0 Å². The Morgan fingerprint density at radius 2 is 1.65 bits per heavy atom. The number of urea groups is 1. The van der Waals surface area contributed by atoms with Gasteiger partial charge in [-0.25, -0.2) is 9.18 Å². The molecule has 5 heteroatoms. The van der Waals surface area contributed by atoms with Crippen molar-refractivity contribution in [2.75, 3.05) is 0 Å². The third-order valence-electron chi connectivity index (χ3n) is 4.86. The zero-order chi connectivity index (χ0) is 18.3. The Kier molecular flexibility index (Phi) is 3.72. The van der Waals surface area contributed by atoms with E-state index in [-0.39, 0.29) is 18.3 Å². The second-order valence-electron chi connectivity index (χ2n) is 6.63. The van der Waals surface area contributed by atoms with Crippen LogP contribution in [-0.4, -0.2) is 16.8 Å². The van der Waals surface area contributed by atoms with Gasteiger partial charge in [0, 0.05) is 0 Å². The van der Waals surface area contributed by atoms with Gasteiger partial charge in [-0.05, 0) is 47.0 Å². The van der Waals surface area contributed by atoms with E-state index >= 15 is 0 Å². The predicted molar refractivity (Wildman–Crippen MR) is 96.8 cm³/mol. The fraction of sp³-hybridized carbons (Fsp3) is 0.143. The van der Waals surface area contributed by atoms with E-state index in [1.807, 2.05) is 42.5 Å². The minimum Gasteiger partial charge on any atom is -0.319 e. The van der Waals surface area contributed by atoms with Crippen LogP contribution in [0.1, 0.15) is 18.1 Å². The first-order valence-electron chi connectivity index (χ1n) is 8.35. The maximum atomic E-state index is 13.1. The second kappa shape index (κ2) is 5.95. The van der Waals surface area contributed by atoms with Gasteiger partial charge in [-0.2, -0.15) is 0 Å². The van der Waals surface area contributed by atoms with Crippen LogP contribution in [-0.2, 0) is 16.9 Å². The lowest BCUT2D eigenvalue weighted by Gasteiger charge is -2.22. The highest BCUT2D eigenvalue weighted by Crippen LogP contribution is 2.31. The molecule has 1 unspecified atom stereocenters. The number of rotatable bonds is 3. The van der Waals surface area contributed by atoms with Gasteiger partial charge >= 0.3 is 6.03 Å². The number of nitrogens with one attached hydrogen (secondary N) is 1. The third-order valence-corrected chi connectivity index (χ3v) is 4.86. The highest BCUT2D eigenvalue weighted by Gasteiger charge is 2.48. The Morgan fingerprint density at radius 3 is 2.38 bits per heavy atom. The summed E-state index contributed by atoms with van der Waals surface area (Å²) in [5.41, 5.74) is 0.301. The number of halogens is 1. The van der Waals surface area contributed by atoms with Crippen LogP contribution in [0.25, 0.3) is 10.8 Å². The van der Waals surface area contributed by atoms with Crippen molar-refractivity contribution in [1.82, 2.24) is 10.2 Å². The first-order chi connectivity index (χ1) is 12.5. The molecule has 0 aliphatic carbocycles. The largest absolute Gasteiger partial charge is 0.325 e. The number of fused-ring (bicyclic) bond motifs is 1. The molecule has 1 N–H and O–H groups in total. The van der Waals surface area contributed by atoms with Crippen LogP contribution in [0.15, 0.2) is 66.7 Å². The van der Waals surface area contributed by atoms with Gasteiger partial charge in [-0.15, -0.1) is 0 Å². The molecule has 0 saturated carbocycles. The molecule has 0 aromatic heterocycles. The van der Waals surface area contributed by atoms with Crippen molar-refractivity contribution < 1.29 is 14.0 Å². The van der Waals surface area contributed by atoms with Crippen LogP contribution in [0, 0.1) is 5.82 Å². The summed E-state index contributed by atoms with van der Waals surface area (Å²) in [4.78, 5) is 26.6. The summed E-state index contributed by atoms with van der Waals surface area (Å²) < 4.78 is 13.1. The van der Waals surface area contributed by atoms with Crippen molar-refractivity contribution in [2.24, 2.45) is 0 Å². The van der Waals surface area contributed by atoms with Crippen LogP contribution in [0.3, 0.4) is 0 Å². The molecular weight excluding hydrogens is 331 g/mol. The van der Waals surface area contributed by atoms with Gasteiger partial charge in [-0.3, -0.25) is 9.69 Å². The Hall–Kier alpha value is -3.21. The predicted octanol–water partition coefficient (Wildman–Crippen LogP) is 3.95. The highest BCUT2D eigenvalue weighted by molar-refractivity contribution is 6.07. The van der Waals surface area contributed by atoms with Crippen molar-refractivity contribution in [1.29, 1.82) is 0 Å². The van der Waals surface area contributed by atoms with Crippen molar-refractivity contribution in [3.8, 4) is 0 Å². The van der Waals surface area contributed by atoms with E-state index < -0.39 is 11.6 Å². The molecular formula is C21H17FN2O2. The van der Waals surface area contributed by atoms with E-state index in [9.17, 15) is 14.0 Å². The second-order valence-corrected chi connectivity index (χ2v) is 6.63. The van der Waals surface area contributed by atoms with E-state index in [1.54, 1.807) is 19.1 Å². The lowest BCUT2D eigenvalue weighted by Crippen LogP contribution is -2.40. The average Bonchev–Trinajstić information content (AvgIpc) is 2.87. The van der Waals surface area contributed by atoms with Crippen LogP contribution in [0.2, 0.25) is 0 Å². The Balaban J connectivity index is 1.66. The molecule has 130 valence electrons. The highest BCUT2D eigenvalue weighted by atomic mass is 19.1. The summed E-state index contributed by atoms with van der Waals surface area (Å²) in [6.45, 7) is 1.82. The molecule has 3 aromatic rings. The molecule has 4 rings (SSSR count). The number of carbonyl (C=O) groups excluding carboxylic acids is 2. The number of benzene rings is 3. The zero-order valence-corrected chi connectivity index (χ0v) is 14.2. The minimum atomic E-state index is -1.12. The number of nitrogens with zero attached hydrogens (tertiary/aromatic N) is 1. The maximum Gasteiger partial charge on any atom is 0.325 e. The van der Waals surface area contributed by atoms with Gasteiger partial charge in [0.05, 0.1) is 6.54 Å². The van der Waals surface area contributed by atoms with Gasteiger partial charge < -0.3 is 5.32 Å². The normalized spacial score (nSPS) is 19.8. The molecule has 4 nitrogen and oxygen atoms in total. The molecule has 1 aliphatic rings. The smallest absolute Gasteiger partial charge is 0.319 e. The maximum absolute atomic E-state index is 13.1. The monoisotopic (exact) mass is 348 g/mol. The van der Waals surface area contributed by atoms with Crippen molar-refractivity contribution >= 4 is 22.7 Å². The molecule has 1 aliphatic heterocycles. The first kappa shape index (κ1) is 16.3. The number of carbonyl (C=O) groups is 2. The first-order valence-corrected chi connectivity index (χ1v) is 8.35. The van der Waals surface area contributed by atoms with E-state index in [0.29, 0.717) is 5.56 Å². The zero-order valence-electron chi connectivity index (χ0n) is 14.2. The molecule has 1 atom stereocenters. The van der Waals surface area contributed by atoms with Gasteiger partial charge in [0.2, 0.25) is 0 Å². The van der Waals surface area contributed by atoms with E-state index in [1.165, 1.54) is 17.0 Å². The molecule has 3 aromatic carbocycles. The summed E-state index contributed by atoms with van der Waals surface area (Å²) in [5, 5.41) is 4.88. The molecule has 1 saturated heterocycles. The number of amides is 3. The number of hydrogen-bond acceptors (Lipinski definition) is 2. The summed E-state index contributed by atoms with van der Waals surface area (Å²) >= 11 is 0. The Labute approximate surface area is 150 Å². The molecule has 3 amide bonds. The summed E-state index contributed by atoms with van der Waals surface area (Å²) in [6, 6.07) is 18.9. The molecule has 0 spiro atoms. The van der Waals surface area contributed by atoms with Gasteiger partial charge in [0.25, 0.3) is 5.91 Å². The van der Waals surface area contributed by atoms with E-state index in [0.717, 1.165) is 16.3 Å². The number of hydrogen-bond donors (Lipinski definition) is 1. The number of imide groups is 1. The standard InChI is InChI=1S/C21H17FN2O2/c1-21(17-9-8-15-4-2-3-5-16(15)12-17)19(25)24(20(26)23-21)13-14-6-10-18(22)11-7-14/h2-12H,13H2,1H3,(H,23,26). The summed E-state index contributed by atoms with van der Waals surface area (Å²) in [5.74, 6) is -0.672. The molecule has 1 fully saturated rings. The van der Waals surface area contributed by atoms with Crippen molar-refractivity contribution in [2.45, 2.75) is 19.0 Å². The van der Waals surface area contributed by atoms with Gasteiger partial charge in [0.1, 0.15) is 11.4 Å². The van der Waals surface area contributed by atoms with Crippen molar-refractivity contribution in [3.63, 3.8) is 0 Å². The Bertz CT molecular complexity index is 1020. The fourth-order valence-corrected chi connectivity index (χ4v) is 3.31. The summed E-state index contributed by atoms with van der Waals surface area (Å²) in [6.07, 6.45) is 0. The van der Waals surface area contributed by atoms with Crippen LogP contribution in [0.4, 0.5) is 9.18 Å². The molecule has 26 heavy (non-hydrogen) atoms. The SMILES string of the molecule is CC1(c2ccc3ccccc3c2)NC(=O)N(Cc2ccc(F)cc2)C1=O. The molecule has 0 bridgehead atoms. The lowest BCUT2D eigenvalue weighted by atomic mass is 9.90. The van der Waals surface area contributed by atoms with Crippen LogP contribution >= 0.6 is 0 Å². The van der Waals surface area contributed by atoms with Crippen LogP contribution in [0.5, 0.6) is 0 Å². The lowest BCUT2D eigenvalue weighted by molar-refractivity contribution is -0.131. The fourth-order valence-electron chi connectivity index (χ4n) is 3.31. The van der Waals surface area contributed by atoms with Crippen LogP contribution < -0.4 is 5.32 Å². The van der Waals surface area contributed by atoms with Crippen molar-refractivity contribution in [3.05, 3.63) is 83.7 Å². The summed E-state index contributed by atoms with van der Waals surface area (Å²) in [7, 11) is 0.